The SMILES string of the molecule is Nc1cc(NCc2ccc(Br)cc2)ccc1[N+](=O)[O-]. The summed E-state index contributed by atoms with van der Waals surface area (Å²) in [5.74, 6) is 0. The average Bonchev–Trinajstić information content (AvgIpc) is 2.37. The number of nitrogens with zero attached hydrogens (tertiary/aromatic N) is 1. The van der Waals surface area contributed by atoms with Gasteiger partial charge in [-0.2, -0.15) is 0 Å². The summed E-state index contributed by atoms with van der Waals surface area (Å²) < 4.78 is 1.02. The number of nitrogens with two attached hydrogens (primary N) is 1. The first kappa shape index (κ1) is 13.4. The number of benzene rings is 2. The third kappa shape index (κ3) is 3.45. The van der Waals surface area contributed by atoms with Crippen LogP contribution in [0.2, 0.25) is 0 Å². The topological polar surface area (TPSA) is 81.2 Å². The second kappa shape index (κ2) is 5.71. The van der Waals surface area contributed by atoms with Gasteiger partial charge >= 0.3 is 0 Å². The Bertz CT molecular complexity index is 599. The van der Waals surface area contributed by atoms with E-state index < -0.39 is 4.92 Å². The van der Waals surface area contributed by atoms with Gasteiger partial charge in [0, 0.05) is 22.8 Å². The molecule has 19 heavy (non-hydrogen) atoms. The number of hydrogen-bond donors (Lipinski definition) is 2. The summed E-state index contributed by atoms with van der Waals surface area (Å²) in [6.07, 6.45) is 0. The highest BCUT2D eigenvalue weighted by Gasteiger charge is 2.10. The fraction of sp³-hybridized carbons (Fsp3) is 0.0769. The highest BCUT2D eigenvalue weighted by atomic mass is 79.9. The summed E-state index contributed by atoms with van der Waals surface area (Å²) in [7, 11) is 0. The number of halogens is 1. The number of rotatable bonds is 4. The number of anilines is 2. The fourth-order valence-corrected chi connectivity index (χ4v) is 1.90. The molecule has 0 bridgehead atoms. The average molecular weight is 322 g/mol. The van der Waals surface area contributed by atoms with Gasteiger partial charge < -0.3 is 11.1 Å². The molecule has 2 aromatic carbocycles. The summed E-state index contributed by atoms with van der Waals surface area (Å²) in [6, 6.07) is 12.5. The van der Waals surface area contributed by atoms with Crippen molar-refractivity contribution in [2.75, 3.05) is 11.1 Å². The quantitative estimate of drug-likeness (QED) is 0.512. The summed E-state index contributed by atoms with van der Waals surface area (Å²) in [5.41, 5.74) is 7.57. The van der Waals surface area contributed by atoms with Crippen molar-refractivity contribution in [1.82, 2.24) is 0 Å². The molecule has 0 heterocycles. The molecule has 0 radical (unpaired) electrons. The van der Waals surface area contributed by atoms with Gasteiger partial charge in [0.1, 0.15) is 5.69 Å². The molecule has 0 aliphatic heterocycles. The van der Waals surface area contributed by atoms with Crippen LogP contribution < -0.4 is 11.1 Å². The van der Waals surface area contributed by atoms with Gasteiger partial charge in [-0.15, -0.1) is 0 Å². The van der Waals surface area contributed by atoms with Crippen molar-refractivity contribution in [3.63, 3.8) is 0 Å². The van der Waals surface area contributed by atoms with E-state index in [2.05, 4.69) is 21.2 Å². The van der Waals surface area contributed by atoms with E-state index in [1.54, 1.807) is 12.1 Å². The van der Waals surface area contributed by atoms with Crippen molar-refractivity contribution in [1.29, 1.82) is 0 Å². The van der Waals surface area contributed by atoms with Gasteiger partial charge in [-0.1, -0.05) is 28.1 Å². The number of nitrogen functional groups attached to an aromatic ring is 1. The summed E-state index contributed by atoms with van der Waals surface area (Å²) >= 11 is 3.37. The molecule has 0 spiro atoms. The first-order valence-electron chi connectivity index (χ1n) is 5.58. The predicted octanol–water partition coefficient (Wildman–Crippen LogP) is 3.55. The number of nitrogens with one attached hydrogen (secondary N) is 1. The van der Waals surface area contributed by atoms with Crippen LogP contribution in [0.5, 0.6) is 0 Å². The first-order chi connectivity index (χ1) is 9.06. The Labute approximate surface area is 118 Å². The molecule has 0 aromatic heterocycles. The van der Waals surface area contributed by atoms with E-state index in [9.17, 15) is 10.1 Å². The zero-order valence-corrected chi connectivity index (χ0v) is 11.6. The van der Waals surface area contributed by atoms with Crippen molar-refractivity contribution < 1.29 is 4.92 Å². The molecule has 5 nitrogen and oxygen atoms in total. The number of nitro benzene ring substituents is 1. The van der Waals surface area contributed by atoms with Crippen LogP contribution in [0, 0.1) is 10.1 Å². The summed E-state index contributed by atoms with van der Waals surface area (Å²) in [5, 5.41) is 13.8. The number of nitro groups is 1. The van der Waals surface area contributed by atoms with E-state index >= 15 is 0 Å². The molecule has 2 aromatic rings. The lowest BCUT2D eigenvalue weighted by atomic mass is 10.2. The monoisotopic (exact) mass is 321 g/mol. The summed E-state index contributed by atoms with van der Waals surface area (Å²) in [6.45, 7) is 0.629. The van der Waals surface area contributed by atoms with E-state index in [4.69, 9.17) is 5.73 Å². The van der Waals surface area contributed by atoms with E-state index in [0.29, 0.717) is 6.54 Å². The Hall–Kier alpha value is -2.08. The highest BCUT2D eigenvalue weighted by molar-refractivity contribution is 9.10. The third-order valence-corrected chi connectivity index (χ3v) is 3.16. The Morgan fingerprint density at radius 2 is 1.89 bits per heavy atom. The molecule has 6 heteroatoms. The predicted molar refractivity (Wildman–Crippen MR) is 79.0 cm³/mol. The molecule has 0 aliphatic carbocycles. The van der Waals surface area contributed by atoms with E-state index in [1.165, 1.54) is 6.07 Å². The van der Waals surface area contributed by atoms with Crippen molar-refractivity contribution >= 4 is 33.0 Å². The van der Waals surface area contributed by atoms with Crippen LogP contribution in [0.1, 0.15) is 5.56 Å². The molecule has 0 amide bonds. The van der Waals surface area contributed by atoms with Crippen molar-refractivity contribution in [3.05, 3.63) is 62.6 Å². The Balaban J connectivity index is 2.06. The second-order valence-corrected chi connectivity index (χ2v) is 4.93. The normalized spacial score (nSPS) is 10.2. The maximum atomic E-state index is 10.6. The van der Waals surface area contributed by atoms with Gasteiger partial charge in [-0.3, -0.25) is 10.1 Å². The second-order valence-electron chi connectivity index (χ2n) is 4.01. The maximum absolute atomic E-state index is 10.6. The lowest BCUT2D eigenvalue weighted by molar-refractivity contribution is -0.383. The molecule has 0 saturated heterocycles. The van der Waals surface area contributed by atoms with Gasteiger partial charge in [0.05, 0.1) is 4.92 Å². The molecule has 0 aliphatic rings. The molecular formula is C13H12BrN3O2. The van der Waals surface area contributed by atoms with Crippen LogP contribution in [0.15, 0.2) is 46.9 Å². The lowest BCUT2D eigenvalue weighted by Crippen LogP contribution is -2.01. The summed E-state index contributed by atoms with van der Waals surface area (Å²) in [4.78, 5) is 10.2. The van der Waals surface area contributed by atoms with Crippen LogP contribution in [-0.2, 0) is 6.54 Å². The molecule has 0 unspecified atom stereocenters. The molecule has 0 fully saturated rings. The minimum atomic E-state index is -0.492. The minimum Gasteiger partial charge on any atom is -0.393 e. The zero-order valence-electron chi connectivity index (χ0n) is 9.97. The van der Waals surface area contributed by atoms with Crippen molar-refractivity contribution in [3.8, 4) is 0 Å². The van der Waals surface area contributed by atoms with Gasteiger partial charge in [-0.05, 0) is 29.8 Å². The van der Waals surface area contributed by atoms with E-state index in [1.807, 2.05) is 24.3 Å². The van der Waals surface area contributed by atoms with Crippen LogP contribution in [0.4, 0.5) is 17.1 Å². The molecule has 0 atom stereocenters. The Morgan fingerprint density at radius 3 is 2.47 bits per heavy atom. The minimum absolute atomic E-state index is 0.0748. The molecule has 2 rings (SSSR count). The van der Waals surface area contributed by atoms with Crippen LogP contribution in [-0.4, -0.2) is 4.92 Å². The Kier molecular flexibility index (Phi) is 4.01. The first-order valence-corrected chi connectivity index (χ1v) is 6.38. The van der Waals surface area contributed by atoms with Crippen molar-refractivity contribution in [2.45, 2.75) is 6.54 Å². The van der Waals surface area contributed by atoms with Gasteiger partial charge in [-0.25, -0.2) is 0 Å². The van der Waals surface area contributed by atoms with Gasteiger partial charge in [0.25, 0.3) is 5.69 Å². The van der Waals surface area contributed by atoms with Crippen molar-refractivity contribution in [2.24, 2.45) is 0 Å². The zero-order chi connectivity index (χ0) is 13.8. The highest BCUT2D eigenvalue weighted by Crippen LogP contribution is 2.25. The van der Waals surface area contributed by atoms with E-state index in [0.717, 1.165) is 15.7 Å². The van der Waals surface area contributed by atoms with Gasteiger partial charge in [0.2, 0.25) is 0 Å². The maximum Gasteiger partial charge on any atom is 0.292 e. The Morgan fingerprint density at radius 1 is 1.21 bits per heavy atom. The molecular weight excluding hydrogens is 310 g/mol. The smallest absolute Gasteiger partial charge is 0.292 e. The largest absolute Gasteiger partial charge is 0.393 e. The van der Waals surface area contributed by atoms with Gasteiger partial charge in [0.15, 0.2) is 0 Å². The lowest BCUT2D eigenvalue weighted by Gasteiger charge is -2.07. The molecule has 0 saturated carbocycles. The van der Waals surface area contributed by atoms with E-state index in [-0.39, 0.29) is 11.4 Å². The molecule has 3 N–H and O–H groups in total. The molecule has 98 valence electrons. The third-order valence-electron chi connectivity index (χ3n) is 2.63. The fourth-order valence-electron chi connectivity index (χ4n) is 1.64. The standard InChI is InChI=1S/C13H12BrN3O2/c14-10-3-1-9(2-4-10)8-16-11-5-6-13(17(18)19)12(15)7-11/h1-7,16H,8,15H2. The van der Waals surface area contributed by atoms with Crippen LogP contribution >= 0.6 is 15.9 Å². The number of hydrogen-bond acceptors (Lipinski definition) is 4. The van der Waals surface area contributed by atoms with Crippen LogP contribution in [0.3, 0.4) is 0 Å². The van der Waals surface area contributed by atoms with Crippen LogP contribution in [0.25, 0.3) is 0 Å².